The molecule has 1 saturated heterocycles. The van der Waals surface area contributed by atoms with Crippen LogP contribution in [0.1, 0.15) is 43.5 Å². The molecular weight excluding hydrogens is 288 g/mol. The molecule has 0 radical (unpaired) electrons. The number of likely N-dealkylation sites (tertiary alicyclic amines) is 1. The number of carboxylic acid groups (broad SMARTS) is 1. The van der Waals surface area contributed by atoms with E-state index >= 15 is 0 Å². The van der Waals surface area contributed by atoms with E-state index in [4.69, 9.17) is 0 Å². The molecule has 1 fully saturated rings. The lowest BCUT2D eigenvalue weighted by Crippen LogP contribution is -2.46. The third-order valence-corrected chi connectivity index (χ3v) is 4.88. The van der Waals surface area contributed by atoms with Crippen LogP contribution >= 0.6 is 11.3 Å². The summed E-state index contributed by atoms with van der Waals surface area (Å²) in [5.41, 5.74) is 0. The number of hydrogen-bond donors (Lipinski definition) is 2. The Morgan fingerprint density at radius 2 is 2.19 bits per heavy atom. The summed E-state index contributed by atoms with van der Waals surface area (Å²) in [6.45, 7) is 3.61. The number of aliphatic carboxylic acids is 1. The number of carbonyl (C=O) groups excluding carboxylic acids is 1. The third-order valence-electron chi connectivity index (χ3n) is 3.94. The van der Waals surface area contributed by atoms with Crippen LogP contribution in [0.2, 0.25) is 0 Å². The number of piperidine rings is 1. The number of rotatable bonds is 5. The molecule has 1 aromatic rings. The van der Waals surface area contributed by atoms with Crippen molar-refractivity contribution in [1.82, 2.24) is 10.2 Å². The minimum absolute atomic E-state index is 0.272. The van der Waals surface area contributed by atoms with E-state index in [0.29, 0.717) is 23.9 Å². The van der Waals surface area contributed by atoms with Gasteiger partial charge in [-0.2, -0.15) is 0 Å². The van der Waals surface area contributed by atoms with E-state index in [1.807, 2.05) is 5.38 Å². The number of amides is 2. The van der Waals surface area contributed by atoms with Gasteiger partial charge in [-0.3, -0.25) is 0 Å². The van der Waals surface area contributed by atoms with Gasteiger partial charge in [0.1, 0.15) is 0 Å². The highest BCUT2D eigenvalue weighted by atomic mass is 32.1. The Bertz CT molecular complexity index is 467. The lowest BCUT2D eigenvalue weighted by molar-refractivity contribution is -0.139. The number of carboxylic acids is 1. The van der Waals surface area contributed by atoms with E-state index in [0.717, 1.165) is 12.8 Å². The summed E-state index contributed by atoms with van der Waals surface area (Å²) in [4.78, 5) is 25.9. The van der Waals surface area contributed by atoms with Gasteiger partial charge in [0.2, 0.25) is 0 Å². The molecule has 0 aromatic carbocycles. The Balaban J connectivity index is 1.90. The SMILES string of the molecule is CCCC1CCN(C(=O)NC(C(=O)O)c2cccs2)CC1. The van der Waals surface area contributed by atoms with Gasteiger partial charge in [0.25, 0.3) is 0 Å². The Labute approximate surface area is 129 Å². The van der Waals surface area contributed by atoms with Crippen LogP contribution < -0.4 is 5.32 Å². The van der Waals surface area contributed by atoms with Crippen molar-refractivity contribution in [2.24, 2.45) is 5.92 Å². The van der Waals surface area contributed by atoms with E-state index in [-0.39, 0.29) is 6.03 Å². The average Bonchev–Trinajstić information content (AvgIpc) is 2.99. The van der Waals surface area contributed by atoms with Gasteiger partial charge in [0.05, 0.1) is 0 Å². The fraction of sp³-hybridized carbons (Fsp3) is 0.600. The van der Waals surface area contributed by atoms with Crippen LogP contribution in [-0.4, -0.2) is 35.1 Å². The fourth-order valence-electron chi connectivity index (χ4n) is 2.76. The minimum atomic E-state index is -1.02. The zero-order valence-electron chi connectivity index (χ0n) is 12.2. The molecule has 1 aliphatic rings. The van der Waals surface area contributed by atoms with Crippen molar-refractivity contribution in [2.75, 3.05) is 13.1 Å². The van der Waals surface area contributed by atoms with E-state index in [1.165, 1.54) is 24.2 Å². The van der Waals surface area contributed by atoms with Crippen molar-refractivity contribution >= 4 is 23.3 Å². The zero-order valence-corrected chi connectivity index (χ0v) is 13.1. The number of thiophene rings is 1. The highest BCUT2D eigenvalue weighted by Crippen LogP contribution is 2.23. The standard InChI is InChI=1S/C15H22N2O3S/c1-2-4-11-6-8-17(9-7-11)15(20)16-13(14(18)19)12-5-3-10-21-12/h3,5,10-11,13H,2,4,6-9H2,1H3,(H,16,20)(H,18,19). The smallest absolute Gasteiger partial charge is 0.331 e. The summed E-state index contributed by atoms with van der Waals surface area (Å²) in [6, 6.07) is 2.30. The van der Waals surface area contributed by atoms with Gasteiger partial charge < -0.3 is 15.3 Å². The van der Waals surface area contributed by atoms with Crippen LogP contribution in [0.25, 0.3) is 0 Å². The number of urea groups is 1. The van der Waals surface area contributed by atoms with E-state index in [1.54, 1.807) is 17.0 Å². The lowest BCUT2D eigenvalue weighted by Gasteiger charge is -2.32. The van der Waals surface area contributed by atoms with Crippen molar-refractivity contribution in [3.05, 3.63) is 22.4 Å². The number of nitrogens with zero attached hydrogens (tertiary/aromatic N) is 1. The van der Waals surface area contributed by atoms with Gasteiger partial charge in [-0.1, -0.05) is 25.8 Å². The molecule has 2 amide bonds. The summed E-state index contributed by atoms with van der Waals surface area (Å²) in [6.07, 6.45) is 4.41. The van der Waals surface area contributed by atoms with Crippen molar-refractivity contribution in [3.8, 4) is 0 Å². The van der Waals surface area contributed by atoms with Crippen molar-refractivity contribution in [3.63, 3.8) is 0 Å². The maximum absolute atomic E-state index is 12.2. The van der Waals surface area contributed by atoms with Gasteiger partial charge in [-0.05, 0) is 30.2 Å². The van der Waals surface area contributed by atoms with Gasteiger partial charge in [0.15, 0.2) is 6.04 Å². The average molecular weight is 310 g/mol. The predicted molar refractivity (Wildman–Crippen MR) is 82.4 cm³/mol. The van der Waals surface area contributed by atoms with E-state index < -0.39 is 12.0 Å². The second-order valence-electron chi connectivity index (χ2n) is 5.46. The number of nitrogens with one attached hydrogen (secondary N) is 1. The predicted octanol–water partition coefficient (Wildman–Crippen LogP) is 3.10. The lowest BCUT2D eigenvalue weighted by atomic mass is 9.93. The fourth-order valence-corrected chi connectivity index (χ4v) is 3.53. The molecule has 0 bridgehead atoms. The minimum Gasteiger partial charge on any atom is -0.479 e. The van der Waals surface area contributed by atoms with Crippen LogP contribution in [0.15, 0.2) is 17.5 Å². The van der Waals surface area contributed by atoms with Crippen LogP contribution in [0.3, 0.4) is 0 Å². The Morgan fingerprint density at radius 3 is 2.71 bits per heavy atom. The van der Waals surface area contributed by atoms with Crippen molar-refractivity contribution < 1.29 is 14.7 Å². The summed E-state index contributed by atoms with van der Waals surface area (Å²) in [5.74, 6) is -0.321. The molecule has 2 rings (SSSR count). The molecule has 21 heavy (non-hydrogen) atoms. The molecule has 2 heterocycles. The molecule has 0 saturated carbocycles. The summed E-state index contributed by atoms with van der Waals surface area (Å²) in [7, 11) is 0. The van der Waals surface area contributed by atoms with Crippen LogP contribution in [-0.2, 0) is 4.79 Å². The highest BCUT2D eigenvalue weighted by molar-refractivity contribution is 7.10. The van der Waals surface area contributed by atoms with Gasteiger partial charge in [0, 0.05) is 18.0 Å². The Kier molecular flexibility index (Phi) is 5.61. The monoisotopic (exact) mass is 310 g/mol. The molecule has 0 aliphatic carbocycles. The van der Waals surface area contributed by atoms with Crippen molar-refractivity contribution in [2.45, 2.75) is 38.6 Å². The second-order valence-corrected chi connectivity index (χ2v) is 6.43. The summed E-state index contributed by atoms with van der Waals surface area (Å²) >= 11 is 1.34. The van der Waals surface area contributed by atoms with E-state index in [2.05, 4.69) is 12.2 Å². The first kappa shape index (κ1) is 15.8. The molecule has 1 aromatic heterocycles. The largest absolute Gasteiger partial charge is 0.479 e. The van der Waals surface area contributed by atoms with E-state index in [9.17, 15) is 14.7 Å². The molecule has 5 nitrogen and oxygen atoms in total. The topological polar surface area (TPSA) is 69.6 Å². The van der Waals surface area contributed by atoms with Crippen LogP contribution in [0.5, 0.6) is 0 Å². The van der Waals surface area contributed by atoms with Crippen LogP contribution in [0.4, 0.5) is 4.79 Å². The highest BCUT2D eigenvalue weighted by Gasteiger charge is 2.27. The van der Waals surface area contributed by atoms with Crippen molar-refractivity contribution in [1.29, 1.82) is 0 Å². The van der Waals surface area contributed by atoms with Gasteiger partial charge >= 0.3 is 12.0 Å². The summed E-state index contributed by atoms with van der Waals surface area (Å²) < 4.78 is 0. The quantitative estimate of drug-likeness (QED) is 0.878. The first-order chi connectivity index (χ1) is 10.1. The molecule has 116 valence electrons. The Hall–Kier alpha value is -1.56. The first-order valence-electron chi connectivity index (χ1n) is 7.43. The number of hydrogen-bond acceptors (Lipinski definition) is 3. The first-order valence-corrected chi connectivity index (χ1v) is 8.31. The molecule has 2 N–H and O–H groups in total. The Morgan fingerprint density at radius 1 is 1.48 bits per heavy atom. The molecule has 6 heteroatoms. The molecule has 1 atom stereocenters. The maximum atomic E-state index is 12.2. The second kappa shape index (κ2) is 7.45. The number of carbonyl (C=O) groups is 2. The molecular formula is C15H22N2O3S. The summed E-state index contributed by atoms with van der Waals surface area (Å²) in [5, 5.41) is 13.7. The zero-order chi connectivity index (χ0) is 15.2. The van der Waals surface area contributed by atoms with Crippen LogP contribution in [0, 0.1) is 5.92 Å². The third kappa shape index (κ3) is 4.20. The van der Waals surface area contributed by atoms with Gasteiger partial charge in [-0.25, -0.2) is 9.59 Å². The molecule has 1 aliphatic heterocycles. The van der Waals surface area contributed by atoms with Gasteiger partial charge in [-0.15, -0.1) is 11.3 Å². The molecule has 1 unspecified atom stereocenters. The normalized spacial score (nSPS) is 17.5. The molecule has 0 spiro atoms. The maximum Gasteiger partial charge on any atom is 0.331 e.